The minimum Gasteiger partial charge on any atom is -0.508 e. The summed E-state index contributed by atoms with van der Waals surface area (Å²) < 4.78 is 0. The Morgan fingerprint density at radius 2 is 2.00 bits per heavy atom. The first-order valence-electron chi connectivity index (χ1n) is 3.70. The molecule has 12 heavy (non-hydrogen) atoms. The molecule has 1 rings (SSSR count). The second-order valence-electron chi connectivity index (χ2n) is 3.36. The maximum Gasteiger partial charge on any atom is 0.122 e. The van der Waals surface area contributed by atoms with Crippen LogP contribution in [0.15, 0.2) is 18.2 Å². The van der Waals surface area contributed by atoms with Crippen LogP contribution in [0.4, 0.5) is 0 Å². The number of phenolic OH excluding ortho intramolecular Hbond substituents is 1. The van der Waals surface area contributed by atoms with Crippen LogP contribution in [0.5, 0.6) is 5.75 Å². The quantitative estimate of drug-likeness (QED) is 0.705. The van der Waals surface area contributed by atoms with Crippen molar-refractivity contribution in [2.75, 3.05) is 0 Å². The smallest absolute Gasteiger partial charge is 0.122 e. The van der Waals surface area contributed by atoms with Crippen LogP contribution in [0.25, 0.3) is 0 Å². The lowest BCUT2D eigenvalue weighted by Crippen LogP contribution is -2.29. The highest BCUT2D eigenvalue weighted by molar-refractivity contribution is 6.31. The first-order chi connectivity index (χ1) is 5.43. The number of benzene rings is 1. The van der Waals surface area contributed by atoms with E-state index >= 15 is 0 Å². The Kier molecular flexibility index (Phi) is 2.31. The molecule has 0 aliphatic carbocycles. The molecule has 0 spiro atoms. The lowest BCUT2D eigenvalue weighted by atomic mass is 9.95. The molecule has 0 saturated heterocycles. The topological polar surface area (TPSA) is 46.2 Å². The maximum absolute atomic E-state index is 9.46. The number of hydrogen-bond acceptors (Lipinski definition) is 2. The molecule has 2 nitrogen and oxygen atoms in total. The maximum atomic E-state index is 9.46. The van der Waals surface area contributed by atoms with Gasteiger partial charge in [-0.3, -0.25) is 0 Å². The molecule has 0 aliphatic rings. The second kappa shape index (κ2) is 2.96. The molecule has 3 N–H and O–H groups in total. The number of rotatable bonds is 1. The van der Waals surface area contributed by atoms with Crippen LogP contribution in [0, 0.1) is 0 Å². The Balaban J connectivity index is 3.31. The van der Waals surface area contributed by atoms with Crippen molar-refractivity contribution in [2.45, 2.75) is 19.4 Å². The Bertz CT molecular complexity index is 271. The van der Waals surface area contributed by atoms with Crippen molar-refractivity contribution < 1.29 is 5.11 Å². The lowest BCUT2D eigenvalue weighted by molar-refractivity contribution is 0.440. The summed E-state index contributed by atoms with van der Waals surface area (Å²) in [7, 11) is 0. The third kappa shape index (κ3) is 1.71. The van der Waals surface area contributed by atoms with Crippen LogP contribution < -0.4 is 5.73 Å². The van der Waals surface area contributed by atoms with E-state index in [0.29, 0.717) is 10.6 Å². The Hall–Kier alpha value is -0.730. The Morgan fingerprint density at radius 3 is 2.33 bits per heavy atom. The van der Waals surface area contributed by atoms with Gasteiger partial charge in [0.1, 0.15) is 5.75 Å². The van der Waals surface area contributed by atoms with Gasteiger partial charge in [-0.1, -0.05) is 17.7 Å². The standard InChI is InChI=1S/C9H12ClNO/c1-9(2,11)8-6(10)4-3-5-7(8)12/h3-5,12H,11H2,1-2H3. The number of nitrogens with two attached hydrogens (primary N) is 1. The fourth-order valence-corrected chi connectivity index (χ4v) is 1.56. The molecule has 0 atom stereocenters. The summed E-state index contributed by atoms with van der Waals surface area (Å²) in [6, 6.07) is 4.98. The zero-order valence-corrected chi connectivity index (χ0v) is 7.89. The van der Waals surface area contributed by atoms with Gasteiger partial charge in [-0.2, -0.15) is 0 Å². The van der Waals surface area contributed by atoms with Gasteiger partial charge < -0.3 is 10.8 Å². The molecule has 0 fully saturated rings. The molecule has 66 valence electrons. The van der Waals surface area contributed by atoms with E-state index < -0.39 is 5.54 Å². The average Bonchev–Trinajstić information content (AvgIpc) is 1.82. The molecule has 0 amide bonds. The summed E-state index contributed by atoms with van der Waals surface area (Å²) in [5.41, 5.74) is 5.79. The van der Waals surface area contributed by atoms with Gasteiger partial charge in [-0.05, 0) is 26.0 Å². The highest BCUT2D eigenvalue weighted by Crippen LogP contribution is 2.32. The van der Waals surface area contributed by atoms with E-state index in [9.17, 15) is 5.11 Å². The van der Waals surface area contributed by atoms with E-state index in [1.54, 1.807) is 32.0 Å². The van der Waals surface area contributed by atoms with E-state index in [2.05, 4.69) is 0 Å². The summed E-state index contributed by atoms with van der Waals surface area (Å²) in [4.78, 5) is 0. The van der Waals surface area contributed by atoms with E-state index in [0.717, 1.165) is 0 Å². The van der Waals surface area contributed by atoms with Gasteiger partial charge >= 0.3 is 0 Å². The molecule has 0 heterocycles. The number of aromatic hydroxyl groups is 1. The molecule has 0 aromatic heterocycles. The zero-order chi connectivity index (χ0) is 9.35. The van der Waals surface area contributed by atoms with Gasteiger partial charge in [-0.25, -0.2) is 0 Å². The molecular weight excluding hydrogens is 174 g/mol. The van der Waals surface area contributed by atoms with Gasteiger partial charge in [-0.15, -0.1) is 0 Å². The van der Waals surface area contributed by atoms with Gasteiger partial charge in [0.05, 0.1) is 0 Å². The summed E-state index contributed by atoms with van der Waals surface area (Å²) in [6.07, 6.45) is 0. The zero-order valence-electron chi connectivity index (χ0n) is 7.13. The normalized spacial score (nSPS) is 11.7. The molecule has 3 heteroatoms. The van der Waals surface area contributed by atoms with E-state index in [1.165, 1.54) is 0 Å². The van der Waals surface area contributed by atoms with Crippen molar-refractivity contribution in [1.29, 1.82) is 0 Å². The molecule has 0 saturated carbocycles. The van der Waals surface area contributed by atoms with Crippen molar-refractivity contribution in [2.24, 2.45) is 5.73 Å². The van der Waals surface area contributed by atoms with Gasteiger partial charge in [0, 0.05) is 16.1 Å². The van der Waals surface area contributed by atoms with Crippen molar-refractivity contribution in [3.63, 3.8) is 0 Å². The van der Waals surface area contributed by atoms with Gasteiger partial charge in [0.25, 0.3) is 0 Å². The minimum atomic E-state index is -0.609. The molecule has 1 aromatic rings. The Labute approximate surface area is 77.0 Å². The molecule has 0 unspecified atom stereocenters. The number of halogens is 1. The van der Waals surface area contributed by atoms with Crippen LogP contribution in [-0.4, -0.2) is 5.11 Å². The van der Waals surface area contributed by atoms with Gasteiger partial charge in [0.2, 0.25) is 0 Å². The van der Waals surface area contributed by atoms with E-state index in [4.69, 9.17) is 17.3 Å². The van der Waals surface area contributed by atoms with Crippen LogP contribution in [-0.2, 0) is 5.54 Å². The number of phenols is 1. The SMILES string of the molecule is CC(C)(N)c1c(O)cccc1Cl. The largest absolute Gasteiger partial charge is 0.508 e. The van der Waals surface area contributed by atoms with Gasteiger partial charge in [0.15, 0.2) is 0 Å². The summed E-state index contributed by atoms with van der Waals surface area (Å²) >= 11 is 5.87. The highest BCUT2D eigenvalue weighted by Gasteiger charge is 2.21. The fraction of sp³-hybridized carbons (Fsp3) is 0.333. The monoisotopic (exact) mass is 185 g/mol. The van der Waals surface area contributed by atoms with E-state index in [1.807, 2.05) is 0 Å². The van der Waals surface area contributed by atoms with Crippen molar-refractivity contribution in [3.05, 3.63) is 28.8 Å². The van der Waals surface area contributed by atoms with E-state index in [-0.39, 0.29) is 5.75 Å². The van der Waals surface area contributed by atoms with Crippen molar-refractivity contribution >= 4 is 11.6 Å². The van der Waals surface area contributed by atoms with Crippen LogP contribution in [0.1, 0.15) is 19.4 Å². The van der Waals surface area contributed by atoms with Crippen LogP contribution in [0.2, 0.25) is 5.02 Å². The first kappa shape index (κ1) is 9.36. The first-order valence-corrected chi connectivity index (χ1v) is 4.07. The molecule has 0 aliphatic heterocycles. The van der Waals surface area contributed by atoms with Crippen LogP contribution in [0.3, 0.4) is 0 Å². The predicted octanol–water partition coefficient (Wildman–Crippen LogP) is 2.24. The molecule has 0 bridgehead atoms. The summed E-state index contributed by atoms with van der Waals surface area (Å²) in [5, 5.41) is 9.96. The average molecular weight is 186 g/mol. The third-order valence-corrected chi connectivity index (χ3v) is 1.95. The summed E-state index contributed by atoms with van der Waals surface area (Å²) in [6.45, 7) is 3.60. The Morgan fingerprint density at radius 1 is 1.42 bits per heavy atom. The molecule has 0 radical (unpaired) electrons. The fourth-order valence-electron chi connectivity index (χ4n) is 1.15. The number of hydrogen-bond donors (Lipinski definition) is 2. The summed E-state index contributed by atoms with van der Waals surface area (Å²) in [5.74, 6) is 0.148. The molecule has 1 aromatic carbocycles. The van der Waals surface area contributed by atoms with Crippen molar-refractivity contribution in [3.8, 4) is 5.75 Å². The van der Waals surface area contributed by atoms with Crippen molar-refractivity contribution in [1.82, 2.24) is 0 Å². The lowest BCUT2D eigenvalue weighted by Gasteiger charge is -2.21. The predicted molar refractivity (Wildman–Crippen MR) is 50.3 cm³/mol. The second-order valence-corrected chi connectivity index (χ2v) is 3.76. The third-order valence-electron chi connectivity index (χ3n) is 1.64. The minimum absolute atomic E-state index is 0.148. The van der Waals surface area contributed by atoms with Crippen LogP contribution >= 0.6 is 11.6 Å². The highest BCUT2D eigenvalue weighted by atomic mass is 35.5. The molecular formula is C9H12ClNO.